The van der Waals surface area contributed by atoms with Gasteiger partial charge in [-0.2, -0.15) is 11.3 Å². The number of halogens is 1. The number of nitrogens with zero attached hydrogens (tertiary/aromatic N) is 3. The third-order valence-corrected chi connectivity index (χ3v) is 8.86. The average Bonchev–Trinajstić information content (AvgIpc) is 3.83. The molecule has 2 atom stereocenters. The van der Waals surface area contributed by atoms with E-state index in [0.29, 0.717) is 35.6 Å². The van der Waals surface area contributed by atoms with E-state index in [1.165, 1.54) is 23.5 Å². The molecule has 8 nitrogen and oxygen atoms in total. The number of anilines is 1. The second-order valence-corrected chi connectivity index (χ2v) is 11.7. The highest BCUT2D eigenvalue weighted by Crippen LogP contribution is 2.36. The molecule has 2 aromatic carbocycles. The van der Waals surface area contributed by atoms with Crippen molar-refractivity contribution >= 4 is 34.5 Å². The third kappa shape index (κ3) is 5.95. The average molecular weight is 612 g/mol. The molecule has 4 heterocycles. The van der Waals surface area contributed by atoms with Crippen LogP contribution in [0.15, 0.2) is 83.7 Å². The van der Waals surface area contributed by atoms with Crippen molar-refractivity contribution in [3.05, 3.63) is 112 Å². The van der Waals surface area contributed by atoms with Gasteiger partial charge in [0.1, 0.15) is 17.2 Å². The molecule has 0 saturated carbocycles. The van der Waals surface area contributed by atoms with Gasteiger partial charge in [0.15, 0.2) is 5.65 Å². The maximum atomic E-state index is 13.5. The lowest BCUT2D eigenvalue weighted by Crippen LogP contribution is -2.37. The van der Waals surface area contributed by atoms with Gasteiger partial charge in [0.05, 0.1) is 24.3 Å². The third-order valence-electron chi connectivity index (χ3n) is 8.18. The van der Waals surface area contributed by atoms with Gasteiger partial charge >= 0.3 is 0 Å². The van der Waals surface area contributed by atoms with Gasteiger partial charge in [0.25, 0.3) is 11.8 Å². The number of amides is 2. The number of aliphatic hydroxyl groups is 1. The van der Waals surface area contributed by atoms with Crippen molar-refractivity contribution in [3.8, 4) is 11.3 Å². The fraction of sp³-hybridized carbons (Fsp3) is 0.265. The van der Waals surface area contributed by atoms with Crippen molar-refractivity contribution in [2.24, 2.45) is 0 Å². The van der Waals surface area contributed by atoms with Gasteiger partial charge in [0, 0.05) is 35.9 Å². The molecule has 44 heavy (non-hydrogen) atoms. The van der Waals surface area contributed by atoms with Crippen LogP contribution in [0.4, 0.5) is 10.1 Å². The van der Waals surface area contributed by atoms with Crippen LogP contribution in [0.2, 0.25) is 0 Å². The second-order valence-electron chi connectivity index (χ2n) is 10.9. The first kappa shape index (κ1) is 29.5. The first-order valence-electron chi connectivity index (χ1n) is 14.8. The molecule has 1 saturated heterocycles. The molecule has 10 heteroatoms. The molecule has 5 aromatic rings. The van der Waals surface area contributed by atoms with Gasteiger partial charge in [-0.05, 0) is 78.2 Å². The van der Waals surface area contributed by atoms with Crippen LogP contribution < -0.4 is 15.5 Å². The molecule has 0 spiro atoms. The zero-order chi connectivity index (χ0) is 30.6. The molecule has 2 amide bonds. The lowest BCUT2D eigenvalue weighted by Gasteiger charge is -2.27. The van der Waals surface area contributed by atoms with Gasteiger partial charge in [-0.3, -0.25) is 14.0 Å². The minimum Gasteiger partial charge on any atom is -0.394 e. The minimum atomic E-state index is -0.388. The number of fused-ring (bicyclic) bond motifs is 1. The van der Waals surface area contributed by atoms with Crippen molar-refractivity contribution in [2.45, 2.75) is 44.8 Å². The number of aromatic nitrogens is 2. The fourth-order valence-corrected chi connectivity index (χ4v) is 6.42. The summed E-state index contributed by atoms with van der Waals surface area (Å²) in [6.07, 6.45) is 4.38. The van der Waals surface area contributed by atoms with E-state index in [9.17, 15) is 19.1 Å². The molecule has 6 rings (SSSR count). The van der Waals surface area contributed by atoms with Crippen LogP contribution in [0.25, 0.3) is 16.9 Å². The highest BCUT2D eigenvalue weighted by Gasteiger charge is 2.27. The maximum Gasteiger partial charge on any atom is 0.270 e. The molecule has 1 aliphatic rings. The Bertz CT molecular complexity index is 1750. The van der Waals surface area contributed by atoms with E-state index >= 15 is 0 Å². The van der Waals surface area contributed by atoms with E-state index in [1.807, 2.05) is 48.0 Å². The van der Waals surface area contributed by atoms with Gasteiger partial charge in [-0.1, -0.05) is 31.2 Å². The molecule has 3 aromatic heterocycles. The summed E-state index contributed by atoms with van der Waals surface area (Å²) in [6, 6.07) is 20.0. The summed E-state index contributed by atoms with van der Waals surface area (Å²) in [6.45, 7) is 2.97. The second kappa shape index (κ2) is 13.0. The lowest BCUT2D eigenvalue weighted by atomic mass is 10.0. The Labute approximate surface area is 259 Å². The maximum absolute atomic E-state index is 13.5. The Morgan fingerprint density at radius 2 is 1.89 bits per heavy atom. The first-order valence-corrected chi connectivity index (χ1v) is 15.8. The van der Waals surface area contributed by atoms with Gasteiger partial charge in [-0.25, -0.2) is 9.37 Å². The number of rotatable bonds is 10. The van der Waals surface area contributed by atoms with Crippen LogP contribution in [0.1, 0.15) is 64.2 Å². The lowest BCUT2D eigenvalue weighted by molar-refractivity contribution is 0.0907. The largest absolute Gasteiger partial charge is 0.394 e. The number of nitrogens with one attached hydrogen (secondary N) is 2. The van der Waals surface area contributed by atoms with Crippen molar-refractivity contribution in [1.29, 1.82) is 0 Å². The molecule has 3 N–H and O–H groups in total. The Morgan fingerprint density at radius 1 is 1.09 bits per heavy atom. The van der Waals surface area contributed by atoms with Crippen molar-refractivity contribution in [2.75, 3.05) is 18.1 Å². The Kier molecular flexibility index (Phi) is 8.72. The smallest absolute Gasteiger partial charge is 0.270 e. The molecular weight excluding hydrogens is 577 g/mol. The monoisotopic (exact) mass is 611 g/mol. The van der Waals surface area contributed by atoms with Gasteiger partial charge in [0.2, 0.25) is 0 Å². The number of hydrogen-bond donors (Lipinski definition) is 3. The molecular formula is C34H34FN5O3S. The van der Waals surface area contributed by atoms with E-state index in [1.54, 1.807) is 22.7 Å². The van der Waals surface area contributed by atoms with Crippen LogP contribution in [0.3, 0.4) is 0 Å². The van der Waals surface area contributed by atoms with Gasteiger partial charge < -0.3 is 20.6 Å². The van der Waals surface area contributed by atoms with E-state index in [2.05, 4.69) is 27.7 Å². The number of pyridine rings is 1. The Hall–Kier alpha value is -4.54. The van der Waals surface area contributed by atoms with Crippen molar-refractivity contribution in [3.63, 3.8) is 0 Å². The number of aliphatic hydroxyl groups excluding tert-OH is 1. The summed E-state index contributed by atoms with van der Waals surface area (Å²) in [5.41, 5.74) is 5.46. The van der Waals surface area contributed by atoms with E-state index in [0.717, 1.165) is 41.8 Å². The SMILES string of the molecule is CC[C@H](CO)NC(=O)c1c(-c2ccsc2)nc2c(C(=O)NCc3ccc(N4CCCC4c4ccc(F)cc4)cc3)cccn12. The molecule has 0 radical (unpaired) electrons. The highest BCUT2D eigenvalue weighted by atomic mass is 32.1. The molecule has 1 fully saturated rings. The van der Waals surface area contributed by atoms with Crippen LogP contribution in [0.5, 0.6) is 0 Å². The van der Waals surface area contributed by atoms with Crippen LogP contribution in [-0.4, -0.2) is 45.5 Å². The number of carbonyl (C=O) groups is 2. The van der Waals surface area contributed by atoms with E-state index in [-0.39, 0.29) is 36.3 Å². The number of imidazole rings is 1. The molecule has 0 aliphatic carbocycles. The summed E-state index contributed by atoms with van der Waals surface area (Å²) in [5.74, 6) is -0.895. The molecule has 226 valence electrons. The summed E-state index contributed by atoms with van der Waals surface area (Å²) >= 11 is 1.50. The zero-order valence-electron chi connectivity index (χ0n) is 24.4. The summed E-state index contributed by atoms with van der Waals surface area (Å²) in [7, 11) is 0. The first-order chi connectivity index (χ1) is 21.5. The Balaban J connectivity index is 1.20. The summed E-state index contributed by atoms with van der Waals surface area (Å²) in [4.78, 5) is 33.9. The highest BCUT2D eigenvalue weighted by molar-refractivity contribution is 7.08. The predicted octanol–water partition coefficient (Wildman–Crippen LogP) is 5.97. The topological polar surface area (TPSA) is 99.0 Å². The summed E-state index contributed by atoms with van der Waals surface area (Å²) in [5, 5.41) is 19.4. The number of carbonyl (C=O) groups excluding carboxylic acids is 2. The molecule has 1 unspecified atom stereocenters. The van der Waals surface area contributed by atoms with Crippen LogP contribution in [0, 0.1) is 5.82 Å². The van der Waals surface area contributed by atoms with Crippen molar-refractivity contribution < 1.29 is 19.1 Å². The van der Waals surface area contributed by atoms with E-state index in [4.69, 9.17) is 4.98 Å². The van der Waals surface area contributed by atoms with Crippen LogP contribution >= 0.6 is 11.3 Å². The van der Waals surface area contributed by atoms with Crippen molar-refractivity contribution in [1.82, 2.24) is 20.0 Å². The number of benzene rings is 2. The fourth-order valence-electron chi connectivity index (χ4n) is 5.78. The van der Waals surface area contributed by atoms with E-state index < -0.39 is 0 Å². The normalized spacial score (nSPS) is 15.4. The standard InChI is InChI=1S/C34H34FN5O3S/c1-2-26(20-41)37-34(43)31-30(24-15-18-44-21-24)38-32-28(5-3-17-40(31)32)33(42)36-19-22-7-13-27(14-8-22)39-16-4-6-29(39)23-9-11-25(35)12-10-23/h3,5,7-15,17-18,21,26,29,41H,2,4,6,16,19-20H2,1H3,(H,36,42)(H,37,43)/t26-,29?/m1/s1. The molecule has 1 aliphatic heterocycles. The zero-order valence-corrected chi connectivity index (χ0v) is 25.2. The predicted molar refractivity (Wildman–Crippen MR) is 170 cm³/mol. The minimum absolute atomic E-state index is 0.172. The van der Waals surface area contributed by atoms with Crippen LogP contribution in [-0.2, 0) is 6.54 Å². The number of thiophene rings is 1. The Morgan fingerprint density at radius 3 is 2.59 bits per heavy atom. The molecule has 0 bridgehead atoms. The number of hydrogen-bond acceptors (Lipinski definition) is 6. The van der Waals surface area contributed by atoms with Gasteiger partial charge in [-0.15, -0.1) is 0 Å². The summed E-state index contributed by atoms with van der Waals surface area (Å²) < 4.78 is 15.1. The quantitative estimate of drug-likeness (QED) is 0.181.